The fraction of sp³-hybridized carbons (Fsp3) is 0.250. The number of anilines is 1. The highest BCUT2D eigenvalue weighted by Gasteiger charge is 2.08. The Labute approximate surface area is 119 Å². The number of rotatable bonds is 1. The summed E-state index contributed by atoms with van der Waals surface area (Å²) in [4.78, 5) is 4.60. The molecule has 3 aromatic rings. The zero-order valence-electron chi connectivity index (χ0n) is 12.4. The Morgan fingerprint density at radius 3 is 2.55 bits per heavy atom. The van der Waals surface area contributed by atoms with Gasteiger partial charge in [-0.15, -0.1) is 0 Å². The van der Waals surface area contributed by atoms with Crippen molar-refractivity contribution in [2.45, 2.75) is 20.8 Å². The average molecular weight is 268 g/mol. The number of fused-ring (bicyclic) bond motifs is 1. The van der Waals surface area contributed by atoms with Gasteiger partial charge in [0.25, 0.3) is 0 Å². The molecule has 4 nitrogen and oxygen atoms in total. The van der Waals surface area contributed by atoms with E-state index in [4.69, 9.17) is 5.73 Å². The van der Waals surface area contributed by atoms with Gasteiger partial charge in [0.15, 0.2) is 5.82 Å². The first kappa shape index (κ1) is 14.1. The van der Waals surface area contributed by atoms with Crippen molar-refractivity contribution in [3.8, 4) is 11.3 Å². The molecule has 3 rings (SSSR count). The molecule has 0 fully saturated rings. The Kier molecular flexibility index (Phi) is 4.03. The van der Waals surface area contributed by atoms with E-state index in [1.54, 1.807) is 4.68 Å². The molecule has 104 valence electrons. The van der Waals surface area contributed by atoms with Crippen molar-refractivity contribution in [1.29, 1.82) is 0 Å². The van der Waals surface area contributed by atoms with Crippen molar-refractivity contribution in [2.24, 2.45) is 7.05 Å². The van der Waals surface area contributed by atoms with Crippen LogP contribution >= 0.6 is 0 Å². The van der Waals surface area contributed by atoms with E-state index >= 15 is 0 Å². The standard InChI is InChI=1S/C14H14N4.C2H6/c1-9-4-3-5-10(8-9)11-6-7-12-13(16-11)14(15)17-18(12)2;1-2/h3-8H,1-2H3,(H2,15,17);1-2H3. The van der Waals surface area contributed by atoms with Crippen LogP contribution in [0.5, 0.6) is 0 Å². The molecule has 0 atom stereocenters. The highest BCUT2D eigenvalue weighted by molar-refractivity contribution is 5.87. The Morgan fingerprint density at radius 2 is 1.85 bits per heavy atom. The van der Waals surface area contributed by atoms with E-state index in [0.717, 1.165) is 22.3 Å². The van der Waals surface area contributed by atoms with Crippen LogP contribution in [0.1, 0.15) is 19.4 Å². The molecule has 2 aromatic heterocycles. The third-order valence-electron chi connectivity index (χ3n) is 3.04. The number of nitrogens with two attached hydrogens (primary N) is 1. The number of benzene rings is 1. The molecule has 0 spiro atoms. The number of hydrogen-bond donors (Lipinski definition) is 1. The summed E-state index contributed by atoms with van der Waals surface area (Å²) in [7, 11) is 1.87. The predicted molar refractivity (Wildman–Crippen MR) is 84.4 cm³/mol. The van der Waals surface area contributed by atoms with Gasteiger partial charge in [-0.25, -0.2) is 4.98 Å². The van der Waals surface area contributed by atoms with E-state index in [-0.39, 0.29) is 0 Å². The zero-order valence-corrected chi connectivity index (χ0v) is 12.4. The molecule has 0 aliphatic carbocycles. The van der Waals surface area contributed by atoms with Crippen molar-refractivity contribution >= 4 is 16.9 Å². The summed E-state index contributed by atoms with van der Waals surface area (Å²) in [6.07, 6.45) is 0. The van der Waals surface area contributed by atoms with Gasteiger partial charge >= 0.3 is 0 Å². The molecule has 0 aliphatic heterocycles. The molecule has 0 aliphatic rings. The maximum absolute atomic E-state index is 5.86. The highest BCUT2D eigenvalue weighted by atomic mass is 15.3. The fourth-order valence-corrected chi connectivity index (χ4v) is 2.13. The van der Waals surface area contributed by atoms with Crippen LogP contribution < -0.4 is 5.73 Å². The van der Waals surface area contributed by atoms with Gasteiger partial charge in [-0.2, -0.15) is 5.10 Å². The van der Waals surface area contributed by atoms with Crippen LogP contribution in [0.3, 0.4) is 0 Å². The van der Waals surface area contributed by atoms with Gasteiger partial charge in [-0.3, -0.25) is 4.68 Å². The molecular formula is C16H20N4. The lowest BCUT2D eigenvalue weighted by Crippen LogP contribution is -1.91. The Morgan fingerprint density at radius 1 is 1.10 bits per heavy atom. The summed E-state index contributed by atoms with van der Waals surface area (Å²) >= 11 is 0. The van der Waals surface area contributed by atoms with Gasteiger partial charge in [0.05, 0.1) is 11.2 Å². The molecule has 1 aromatic carbocycles. The minimum Gasteiger partial charge on any atom is -0.380 e. The molecule has 4 heteroatoms. The van der Waals surface area contributed by atoms with Gasteiger partial charge in [-0.1, -0.05) is 37.6 Å². The summed E-state index contributed by atoms with van der Waals surface area (Å²) in [5.41, 5.74) is 10.8. The third-order valence-corrected chi connectivity index (χ3v) is 3.04. The summed E-state index contributed by atoms with van der Waals surface area (Å²) < 4.78 is 1.75. The molecule has 20 heavy (non-hydrogen) atoms. The van der Waals surface area contributed by atoms with Gasteiger partial charge in [0, 0.05) is 12.6 Å². The average Bonchev–Trinajstić information content (AvgIpc) is 2.76. The fourth-order valence-electron chi connectivity index (χ4n) is 2.13. The van der Waals surface area contributed by atoms with E-state index in [9.17, 15) is 0 Å². The van der Waals surface area contributed by atoms with Gasteiger partial charge in [-0.05, 0) is 25.1 Å². The van der Waals surface area contributed by atoms with Crippen molar-refractivity contribution < 1.29 is 0 Å². The third kappa shape index (κ3) is 2.50. The van der Waals surface area contributed by atoms with E-state index in [2.05, 4.69) is 29.1 Å². The lowest BCUT2D eigenvalue weighted by atomic mass is 10.1. The van der Waals surface area contributed by atoms with Crippen LogP contribution in [0.4, 0.5) is 5.82 Å². The number of aryl methyl sites for hydroxylation is 2. The normalized spacial score (nSPS) is 10.2. The number of nitrogens with zero attached hydrogens (tertiary/aromatic N) is 3. The summed E-state index contributed by atoms with van der Waals surface area (Å²) in [5.74, 6) is 0.474. The molecule has 0 amide bonds. The summed E-state index contributed by atoms with van der Waals surface area (Å²) in [5, 5.41) is 4.17. The van der Waals surface area contributed by atoms with E-state index in [1.807, 2.05) is 45.2 Å². The molecule has 0 unspecified atom stereocenters. The number of hydrogen-bond acceptors (Lipinski definition) is 3. The van der Waals surface area contributed by atoms with Crippen LogP contribution in [-0.2, 0) is 7.05 Å². The van der Waals surface area contributed by atoms with Crippen LogP contribution in [0.25, 0.3) is 22.3 Å². The quantitative estimate of drug-likeness (QED) is 0.734. The molecule has 0 saturated heterocycles. The molecule has 0 radical (unpaired) electrons. The van der Waals surface area contributed by atoms with Gasteiger partial charge in [0.1, 0.15) is 5.52 Å². The van der Waals surface area contributed by atoms with Crippen molar-refractivity contribution in [1.82, 2.24) is 14.8 Å². The van der Waals surface area contributed by atoms with E-state index < -0.39 is 0 Å². The smallest absolute Gasteiger partial charge is 0.172 e. The lowest BCUT2D eigenvalue weighted by Gasteiger charge is -2.02. The second kappa shape index (κ2) is 5.74. The van der Waals surface area contributed by atoms with Crippen LogP contribution in [0.2, 0.25) is 0 Å². The lowest BCUT2D eigenvalue weighted by molar-refractivity contribution is 0.802. The second-order valence-corrected chi connectivity index (χ2v) is 4.44. The van der Waals surface area contributed by atoms with Crippen molar-refractivity contribution in [3.05, 3.63) is 42.0 Å². The SMILES string of the molecule is CC.Cc1cccc(-c2ccc3c(n2)c(N)nn3C)c1. The number of pyridine rings is 1. The van der Waals surface area contributed by atoms with Crippen molar-refractivity contribution in [2.75, 3.05) is 5.73 Å². The maximum atomic E-state index is 5.86. The molecule has 2 heterocycles. The monoisotopic (exact) mass is 268 g/mol. The number of nitrogen functional groups attached to an aromatic ring is 1. The molecular weight excluding hydrogens is 248 g/mol. The Hall–Kier alpha value is -2.36. The zero-order chi connectivity index (χ0) is 14.7. The Bertz CT molecular complexity index is 728. The topological polar surface area (TPSA) is 56.7 Å². The Balaban J connectivity index is 0.000000704. The van der Waals surface area contributed by atoms with Crippen LogP contribution in [0, 0.1) is 6.92 Å². The van der Waals surface area contributed by atoms with Crippen LogP contribution in [-0.4, -0.2) is 14.8 Å². The van der Waals surface area contributed by atoms with Crippen LogP contribution in [0.15, 0.2) is 36.4 Å². The second-order valence-electron chi connectivity index (χ2n) is 4.44. The van der Waals surface area contributed by atoms with E-state index in [1.165, 1.54) is 5.56 Å². The first-order valence-corrected chi connectivity index (χ1v) is 6.81. The first-order chi connectivity index (χ1) is 9.65. The predicted octanol–water partition coefficient (Wildman–Crippen LogP) is 3.55. The minimum atomic E-state index is 0.474. The molecule has 0 bridgehead atoms. The minimum absolute atomic E-state index is 0.474. The molecule has 0 saturated carbocycles. The summed E-state index contributed by atoms with van der Waals surface area (Å²) in [6.45, 7) is 6.07. The number of aromatic nitrogens is 3. The summed E-state index contributed by atoms with van der Waals surface area (Å²) in [6, 6.07) is 12.3. The molecule has 2 N–H and O–H groups in total. The van der Waals surface area contributed by atoms with Gasteiger partial charge in [0.2, 0.25) is 0 Å². The highest BCUT2D eigenvalue weighted by Crippen LogP contribution is 2.24. The van der Waals surface area contributed by atoms with E-state index in [0.29, 0.717) is 5.82 Å². The van der Waals surface area contributed by atoms with Crippen molar-refractivity contribution in [3.63, 3.8) is 0 Å². The largest absolute Gasteiger partial charge is 0.380 e. The maximum Gasteiger partial charge on any atom is 0.172 e. The first-order valence-electron chi connectivity index (χ1n) is 6.81. The van der Waals surface area contributed by atoms with Gasteiger partial charge < -0.3 is 5.73 Å².